The van der Waals surface area contributed by atoms with E-state index in [0.29, 0.717) is 23.2 Å². The number of carbonyl (C=O) groups is 1. The molecule has 0 saturated heterocycles. The number of nitro benzene ring substituents is 1. The molecule has 0 saturated carbocycles. The minimum Gasteiger partial charge on any atom is -0.465 e. The second-order valence-electron chi connectivity index (χ2n) is 4.83. The van der Waals surface area contributed by atoms with Crippen LogP contribution in [0.25, 0.3) is 0 Å². The standard InChI is InChI=1S/C14H19BrN2O4/c1-4-21-14(18)9-16(10(2)3)8-11-5-6-12(15)7-13(11)17(19)20/h5-7,10H,4,8-9H2,1-3H3. The monoisotopic (exact) mass is 358 g/mol. The molecule has 0 aliphatic heterocycles. The number of carbonyl (C=O) groups excluding carboxylic acids is 1. The molecule has 21 heavy (non-hydrogen) atoms. The fourth-order valence-electron chi connectivity index (χ4n) is 1.85. The maximum Gasteiger partial charge on any atom is 0.320 e. The predicted molar refractivity (Wildman–Crippen MR) is 83.0 cm³/mol. The fourth-order valence-corrected chi connectivity index (χ4v) is 2.20. The Morgan fingerprint density at radius 3 is 2.67 bits per heavy atom. The molecule has 0 aliphatic rings. The molecule has 1 rings (SSSR count). The van der Waals surface area contributed by atoms with Crippen molar-refractivity contribution in [3.63, 3.8) is 0 Å². The molecule has 0 radical (unpaired) electrons. The zero-order valence-corrected chi connectivity index (χ0v) is 13.9. The van der Waals surface area contributed by atoms with Crippen LogP contribution in [0.2, 0.25) is 0 Å². The van der Waals surface area contributed by atoms with Crippen molar-refractivity contribution in [2.75, 3.05) is 13.2 Å². The Balaban J connectivity index is 2.94. The highest BCUT2D eigenvalue weighted by molar-refractivity contribution is 9.10. The van der Waals surface area contributed by atoms with E-state index in [1.54, 1.807) is 19.1 Å². The van der Waals surface area contributed by atoms with Crippen LogP contribution < -0.4 is 0 Å². The van der Waals surface area contributed by atoms with Crippen molar-refractivity contribution in [3.8, 4) is 0 Å². The third-order valence-corrected chi connectivity index (χ3v) is 3.48. The number of hydrogen-bond donors (Lipinski definition) is 0. The summed E-state index contributed by atoms with van der Waals surface area (Å²) in [5.74, 6) is -0.328. The van der Waals surface area contributed by atoms with Crippen molar-refractivity contribution in [1.29, 1.82) is 0 Å². The first-order valence-corrected chi connectivity index (χ1v) is 7.47. The number of nitrogens with zero attached hydrogens (tertiary/aromatic N) is 2. The molecule has 7 heteroatoms. The lowest BCUT2D eigenvalue weighted by Gasteiger charge is -2.25. The van der Waals surface area contributed by atoms with E-state index >= 15 is 0 Å². The van der Waals surface area contributed by atoms with Crippen molar-refractivity contribution in [2.24, 2.45) is 0 Å². The van der Waals surface area contributed by atoms with Crippen molar-refractivity contribution >= 4 is 27.6 Å². The van der Waals surface area contributed by atoms with Crippen LogP contribution in [0.5, 0.6) is 0 Å². The van der Waals surface area contributed by atoms with E-state index in [1.807, 2.05) is 18.7 Å². The number of halogens is 1. The molecule has 0 N–H and O–H groups in total. The molecular formula is C14H19BrN2O4. The molecule has 1 aromatic rings. The maximum absolute atomic E-state index is 11.6. The molecule has 116 valence electrons. The third kappa shape index (κ3) is 5.43. The van der Waals surface area contributed by atoms with Gasteiger partial charge in [0.2, 0.25) is 0 Å². The fraction of sp³-hybridized carbons (Fsp3) is 0.500. The van der Waals surface area contributed by atoms with Gasteiger partial charge in [-0.25, -0.2) is 0 Å². The van der Waals surface area contributed by atoms with Crippen LogP contribution in [0.1, 0.15) is 26.3 Å². The van der Waals surface area contributed by atoms with E-state index in [-0.39, 0.29) is 24.2 Å². The smallest absolute Gasteiger partial charge is 0.320 e. The van der Waals surface area contributed by atoms with Gasteiger partial charge < -0.3 is 4.74 Å². The molecule has 0 aromatic heterocycles. The summed E-state index contributed by atoms with van der Waals surface area (Å²) in [6.07, 6.45) is 0. The van der Waals surface area contributed by atoms with Gasteiger partial charge in [0.15, 0.2) is 0 Å². The first-order valence-electron chi connectivity index (χ1n) is 6.67. The van der Waals surface area contributed by atoms with Gasteiger partial charge in [-0.05, 0) is 32.9 Å². The summed E-state index contributed by atoms with van der Waals surface area (Å²) in [6, 6.07) is 4.99. The van der Waals surface area contributed by atoms with Crippen LogP contribution in [-0.2, 0) is 16.1 Å². The first kappa shape index (κ1) is 17.6. The van der Waals surface area contributed by atoms with Crippen molar-refractivity contribution in [2.45, 2.75) is 33.4 Å². The molecule has 0 heterocycles. The number of ether oxygens (including phenoxy) is 1. The Morgan fingerprint density at radius 1 is 1.48 bits per heavy atom. The Labute approximate surface area is 132 Å². The number of esters is 1. The van der Waals surface area contributed by atoms with Crippen molar-refractivity contribution in [1.82, 2.24) is 4.90 Å². The lowest BCUT2D eigenvalue weighted by atomic mass is 10.1. The minimum atomic E-state index is -0.414. The molecule has 0 amide bonds. The SMILES string of the molecule is CCOC(=O)CN(Cc1ccc(Br)cc1[N+](=O)[O-])C(C)C. The molecule has 6 nitrogen and oxygen atoms in total. The Hall–Kier alpha value is -1.47. The van der Waals surface area contributed by atoms with Gasteiger partial charge in [0.1, 0.15) is 0 Å². The third-order valence-electron chi connectivity index (χ3n) is 2.99. The number of rotatable bonds is 7. The average molecular weight is 359 g/mol. The first-order chi connectivity index (χ1) is 9.85. The van der Waals surface area contributed by atoms with Gasteiger partial charge in [0.25, 0.3) is 5.69 Å². The highest BCUT2D eigenvalue weighted by Gasteiger charge is 2.20. The van der Waals surface area contributed by atoms with Gasteiger partial charge in [0, 0.05) is 28.7 Å². The quantitative estimate of drug-likeness (QED) is 0.425. The van der Waals surface area contributed by atoms with Crippen molar-refractivity contribution < 1.29 is 14.5 Å². The molecule has 0 fully saturated rings. The number of nitro groups is 1. The lowest BCUT2D eigenvalue weighted by Crippen LogP contribution is -2.36. The summed E-state index contributed by atoms with van der Waals surface area (Å²) < 4.78 is 5.59. The highest BCUT2D eigenvalue weighted by atomic mass is 79.9. The van der Waals surface area contributed by atoms with Gasteiger partial charge in [0.05, 0.1) is 18.1 Å². The molecule has 0 unspecified atom stereocenters. The van der Waals surface area contributed by atoms with Crippen LogP contribution in [-0.4, -0.2) is 35.0 Å². The maximum atomic E-state index is 11.6. The zero-order valence-electron chi connectivity index (χ0n) is 12.3. The van der Waals surface area contributed by atoms with E-state index in [9.17, 15) is 14.9 Å². The normalized spacial score (nSPS) is 11.0. The van der Waals surface area contributed by atoms with Gasteiger partial charge >= 0.3 is 5.97 Å². The van der Waals surface area contributed by atoms with Gasteiger partial charge in [-0.15, -0.1) is 0 Å². The topological polar surface area (TPSA) is 72.7 Å². The highest BCUT2D eigenvalue weighted by Crippen LogP contribution is 2.25. The van der Waals surface area contributed by atoms with Crippen LogP contribution >= 0.6 is 15.9 Å². The Kier molecular flexibility index (Phi) is 6.77. The van der Waals surface area contributed by atoms with E-state index < -0.39 is 4.92 Å². The number of hydrogen-bond acceptors (Lipinski definition) is 5. The minimum absolute atomic E-state index is 0.0406. The molecule has 1 aromatic carbocycles. The second kappa shape index (κ2) is 8.09. The lowest BCUT2D eigenvalue weighted by molar-refractivity contribution is -0.385. The summed E-state index contributed by atoms with van der Waals surface area (Å²) in [4.78, 5) is 24.2. The van der Waals surface area contributed by atoms with Gasteiger partial charge in [-0.2, -0.15) is 0 Å². The summed E-state index contributed by atoms with van der Waals surface area (Å²) in [7, 11) is 0. The van der Waals surface area contributed by atoms with Crippen LogP contribution in [0.3, 0.4) is 0 Å². The largest absolute Gasteiger partial charge is 0.465 e. The van der Waals surface area contributed by atoms with Gasteiger partial charge in [-0.1, -0.05) is 15.9 Å². The molecule has 0 spiro atoms. The molecule has 0 atom stereocenters. The van der Waals surface area contributed by atoms with E-state index in [0.717, 1.165) is 0 Å². The average Bonchev–Trinajstić information content (AvgIpc) is 2.39. The zero-order chi connectivity index (χ0) is 16.0. The molecule has 0 aliphatic carbocycles. The van der Waals surface area contributed by atoms with Crippen LogP contribution in [0.15, 0.2) is 22.7 Å². The predicted octanol–water partition coefficient (Wildman–Crippen LogP) is 3.13. The summed E-state index contributed by atoms with van der Waals surface area (Å²) in [6.45, 7) is 6.37. The number of benzene rings is 1. The van der Waals surface area contributed by atoms with E-state index in [4.69, 9.17) is 4.74 Å². The van der Waals surface area contributed by atoms with Gasteiger partial charge in [-0.3, -0.25) is 19.8 Å². The second-order valence-corrected chi connectivity index (χ2v) is 5.75. The van der Waals surface area contributed by atoms with Crippen molar-refractivity contribution in [3.05, 3.63) is 38.3 Å². The summed E-state index contributed by atoms with van der Waals surface area (Å²) >= 11 is 3.23. The van der Waals surface area contributed by atoms with E-state index in [2.05, 4.69) is 15.9 Å². The Bertz CT molecular complexity index is 520. The summed E-state index contributed by atoms with van der Waals surface area (Å²) in [5, 5.41) is 11.1. The Morgan fingerprint density at radius 2 is 2.14 bits per heavy atom. The van der Waals surface area contributed by atoms with Crippen LogP contribution in [0, 0.1) is 10.1 Å². The summed E-state index contributed by atoms with van der Waals surface area (Å²) in [5.41, 5.74) is 0.611. The van der Waals surface area contributed by atoms with Crippen LogP contribution in [0.4, 0.5) is 5.69 Å². The van der Waals surface area contributed by atoms with E-state index in [1.165, 1.54) is 6.07 Å². The molecular weight excluding hydrogens is 340 g/mol. The molecule has 0 bridgehead atoms.